The molecule has 0 bridgehead atoms. The number of piperidine rings is 1. The maximum atomic E-state index is 4.62. The van der Waals surface area contributed by atoms with Crippen LogP contribution in [0.25, 0.3) is 0 Å². The summed E-state index contributed by atoms with van der Waals surface area (Å²) in [5.74, 6) is 1.34. The number of rotatable bonds is 3. The van der Waals surface area contributed by atoms with E-state index in [0.717, 1.165) is 17.4 Å². The Labute approximate surface area is 138 Å². The molecule has 4 rings (SSSR count). The van der Waals surface area contributed by atoms with Crippen molar-refractivity contribution in [2.75, 3.05) is 33.2 Å². The predicted molar refractivity (Wildman–Crippen MR) is 92.7 cm³/mol. The molecule has 0 N–H and O–H groups in total. The van der Waals surface area contributed by atoms with Crippen LogP contribution < -0.4 is 0 Å². The van der Waals surface area contributed by atoms with Gasteiger partial charge in [-0.1, -0.05) is 13.8 Å². The van der Waals surface area contributed by atoms with Gasteiger partial charge in [-0.3, -0.25) is 0 Å². The van der Waals surface area contributed by atoms with Gasteiger partial charge in [0.15, 0.2) is 0 Å². The van der Waals surface area contributed by atoms with Crippen molar-refractivity contribution in [3.63, 3.8) is 0 Å². The van der Waals surface area contributed by atoms with Crippen molar-refractivity contribution in [1.82, 2.24) is 14.8 Å². The largest absolute Gasteiger partial charge is 0.305 e. The van der Waals surface area contributed by atoms with E-state index in [-0.39, 0.29) is 0 Å². The molecule has 4 heteroatoms. The quantitative estimate of drug-likeness (QED) is 0.849. The molecule has 0 aromatic carbocycles. The highest BCUT2D eigenvalue weighted by Gasteiger charge is 2.52. The molecule has 3 heterocycles. The van der Waals surface area contributed by atoms with E-state index >= 15 is 0 Å². The van der Waals surface area contributed by atoms with Crippen LogP contribution in [0.2, 0.25) is 0 Å². The first kappa shape index (κ1) is 15.1. The fourth-order valence-electron chi connectivity index (χ4n) is 4.86. The second-order valence-electron chi connectivity index (χ2n) is 8.30. The molecule has 122 valence electrons. The van der Waals surface area contributed by atoms with Crippen molar-refractivity contribution >= 4 is 11.3 Å². The second-order valence-corrected chi connectivity index (χ2v) is 9.39. The van der Waals surface area contributed by atoms with Gasteiger partial charge in [-0.15, -0.1) is 11.3 Å². The Hall–Kier alpha value is -0.450. The summed E-state index contributed by atoms with van der Waals surface area (Å²) in [5.41, 5.74) is 0.722. The summed E-state index contributed by atoms with van der Waals surface area (Å²) in [7, 11) is 2.25. The van der Waals surface area contributed by atoms with Gasteiger partial charge < -0.3 is 9.80 Å². The third-order valence-electron chi connectivity index (χ3n) is 6.03. The molecule has 2 saturated heterocycles. The molecule has 0 amide bonds. The number of hydrogen-bond donors (Lipinski definition) is 0. The van der Waals surface area contributed by atoms with Crippen molar-refractivity contribution in [2.45, 2.75) is 57.4 Å². The van der Waals surface area contributed by atoms with Gasteiger partial charge >= 0.3 is 0 Å². The first-order chi connectivity index (χ1) is 10.5. The number of thiazole rings is 1. The van der Waals surface area contributed by atoms with E-state index in [4.69, 9.17) is 0 Å². The predicted octanol–water partition coefficient (Wildman–Crippen LogP) is 3.54. The van der Waals surface area contributed by atoms with E-state index in [1.165, 1.54) is 61.7 Å². The average Bonchev–Trinajstić information content (AvgIpc) is 2.91. The van der Waals surface area contributed by atoms with Crippen LogP contribution in [0.15, 0.2) is 6.20 Å². The Balaban J connectivity index is 1.28. The van der Waals surface area contributed by atoms with Gasteiger partial charge in [0.05, 0.1) is 5.01 Å². The van der Waals surface area contributed by atoms with E-state index < -0.39 is 0 Å². The highest BCUT2D eigenvalue weighted by molar-refractivity contribution is 7.11. The van der Waals surface area contributed by atoms with E-state index in [0.29, 0.717) is 5.92 Å². The summed E-state index contributed by atoms with van der Waals surface area (Å²) in [6.45, 7) is 9.79. The molecule has 3 fully saturated rings. The van der Waals surface area contributed by atoms with Gasteiger partial charge in [-0.2, -0.15) is 0 Å². The van der Waals surface area contributed by atoms with Crippen molar-refractivity contribution in [1.29, 1.82) is 0 Å². The minimum atomic E-state index is 0.575. The van der Waals surface area contributed by atoms with Crippen LogP contribution in [0.5, 0.6) is 0 Å². The summed E-state index contributed by atoms with van der Waals surface area (Å²) in [6.07, 6.45) is 7.75. The van der Waals surface area contributed by atoms with Gasteiger partial charge in [-0.05, 0) is 57.2 Å². The molecule has 1 aromatic heterocycles. The molecule has 1 spiro atoms. The minimum absolute atomic E-state index is 0.575. The topological polar surface area (TPSA) is 19.4 Å². The highest BCUT2D eigenvalue weighted by atomic mass is 32.1. The molecule has 3 nitrogen and oxygen atoms in total. The Morgan fingerprint density at radius 3 is 2.45 bits per heavy atom. The Morgan fingerprint density at radius 1 is 1.23 bits per heavy atom. The van der Waals surface area contributed by atoms with E-state index in [1.54, 1.807) is 0 Å². The van der Waals surface area contributed by atoms with Gasteiger partial charge in [0, 0.05) is 36.1 Å². The molecule has 0 radical (unpaired) electrons. The van der Waals surface area contributed by atoms with Crippen LogP contribution in [0, 0.1) is 5.41 Å². The third-order valence-corrected chi connectivity index (χ3v) is 7.49. The molecule has 2 aliphatic heterocycles. The lowest BCUT2D eigenvalue weighted by Gasteiger charge is -2.61. The van der Waals surface area contributed by atoms with Gasteiger partial charge in [0.25, 0.3) is 0 Å². The van der Waals surface area contributed by atoms with Gasteiger partial charge in [-0.25, -0.2) is 4.98 Å². The first-order valence-corrected chi connectivity index (χ1v) is 9.74. The highest BCUT2D eigenvalue weighted by Crippen LogP contribution is 2.50. The van der Waals surface area contributed by atoms with Crippen LogP contribution in [0.4, 0.5) is 0 Å². The molecule has 1 aliphatic carbocycles. The molecule has 0 atom stereocenters. The molecule has 3 aliphatic rings. The molecule has 0 unspecified atom stereocenters. The summed E-state index contributed by atoms with van der Waals surface area (Å²) < 4.78 is 0. The van der Waals surface area contributed by atoms with Gasteiger partial charge in [0.2, 0.25) is 0 Å². The lowest BCUT2D eigenvalue weighted by atomic mass is 9.60. The smallest absolute Gasteiger partial charge is 0.0953 e. The zero-order valence-electron chi connectivity index (χ0n) is 14.2. The Kier molecular flexibility index (Phi) is 3.82. The van der Waals surface area contributed by atoms with Crippen LogP contribution in [-0.4, -0.2) is 54.1 Å². The number of hydrogen-bond acceptors (Lipinski definition) is 4. The maximum absolute atomic E-state index is 4.62. The SMILES string of the molecule is CC(C)c1ncc(C2CCN(C3CC4(C3)CN(C)C4)CC2)s1. The number of likely N-dealkylation sites (tertiary alicyclic amines) is 2. The summed E-state index contributed by atoms with van der Waals surface area (Å²) in [4.78, 5) is 11.4. The van der Waals surface area contributed by atoms with E-state index in [1.807, 2.05) is 11.3 Å². The van der Waals surface area contributed by atoms with E-state index in [9.17, 15) is 0 Å². The van der Waals surface area contributed by atoms with E-state index in [2.05, 4.69) is 41.9 Å². The lowest BCUT2D eigenvalue weighted by molar-refractivity contribution is -0.102. The van der Waals surface area contributed by atoms with Crippen molar-refractivity contribution < 1.29 is 0 Å². The van der Waals surface area contributed by atoms with Crippen LogP contribution in [-0.2, 0) is 0 Å². The van der Waals surface area contributed by atoms with Crippen LogP contribution in [0.3, 0.4) is 0 Å². The summed E-state index contributed by atoms with van der Waals surface area (Å²) >= 11 is 1.95. The molecule has 1 saturated carbocycles. The average molecular weight is 320 g/mol. The monoisotopic (exact) mass is 319 g/mol. The fourth-order valence-corrected chi connectivity index (χ4v) is 5.95. The third kappa shape index (κ3) is 2.63. The van der Waals surface area contributed by atoms with Crippen molar-refractivity contribution in [3.05, 3.63) is 16.1 Å². The summed E-state index contributed by atoms with van der Waals surface area (Å²) in [5, 5.41) is 1.31. The van der Waals surface area contributed by atoms with Crippen LogP contribution in [0.1, 0.15) is 61.3 Å². The van der Waals surface area contributed by atoms with Crippen molar-refractivity contribution in [2.24, 2.45) is 5.41 Å². The maximum Gasteiger partial charge on any atom is 0.0953 e. The minimum Gasteiger partial charge on any atom is -0.305 e. The lowest BCUT2D eigenvalue weighted by Crippen LogP contribution is -2.65. The Bertz CT molecular complexity index is 516. The normalized spacial score (nSPS) is 27.3. The Morgan fingerprint density at radius 2 is 1.91 bits per heavy atom. The standard InChI is InChI=1S/C18H29N3S/c1-13(2)17-19-10-16(22-17)14-4-6-21(7-5-14)15-8-18(9-15)11-20(3)12-18/h10,13-15H,4-9,11-12H2,1-3H3. The first-order valence-electron chi connectivity index (χ1n) is 8.93. The molecular weight excluding hydrogens is 290 g/mol. The fraction of sp³-hybridized carbons (Fsp3) is 0.833. The molecular formula is C18H29N3S. The molecule has 22 heavy (non-hydrogen) atoms. The second kappa shape index (κ2) is 5.57. The number of aromatic nitrogens is 1. The van der Waals surface area contributed by atoms with Gasteiger partial charge in [0.1, 0.15) is 0 Å². The van der Waals surface area contributed by atoms with Crippen molar-refractivity contribution in [3.8, 4) is 0 Å². The zero-order valence-corrected chi connectivity index (χ0v) is 15.0. The zero-order chi connectivity index (χ0) is 15.3. The number of nitrogens with zero attached hydrogens (tertiary/aromatic N) is 3. The summed E-state index contributed by atoms with van der Waals surface area (Å²) in [6, 6.07) is 0.891. The van der Waals surface area contributed by atoms with Crippen LogP contribution >= 0.6 is 11.3 Å². The molecule has 1 aromatic rings.